The van der Waals surface area contributed by atoms with E-state index in [0.717, 1.165) is 48.6 Å². The molecule has 1 aromatic carbocycles. The molecule has 2 aliphatic rings. The normalized spacial score (nSPS) is 21.3. The van der Waals surface area contributed by atoms with Crippen LogP contribution in [0, 0.1) is 6.92 Å². The van der Waals surface area contributed by atoms with Crippen LogP contribution in [-0.2, 0) is 21.1 Å². The Morgan fingerprint density at radius 2 is 1.87 bits per heavy atom. The van der Waals surface area contributed by atoms with E-state index >= 15 is 0 Å². The third-order valence-electron chi connectivity index (χ3n) is 6.37. The molecule has 0 spiro atoms. The van der Waals surface area contributed by atoms with Crippen molar-refractivity contribution in [1.82, 2.24) is 14.9 Å². The number of aryl methyl sites for hydroxylation is 1. The predicted octanol–water partition coefficient (Wildman–Crippen LogP) is 3.75. The number of sulfone groups is 1. The van der Waals surface area contributed by atoms with E-state index in [0.29, 0.717) is 6.42 Å². The molecule has 0 unspecified atom stereocenters. The van der Waals surface area contributed by atoms with Gasteiger partial charge in [0, 0.05) is 24.2 Å². The number of thioether (sulfide) groups is 1. The van der Waals surface area contributed by atoms with Crippen molar-refractivity contribution < 1.29 is 13.2 Å². The summed E-state index contributed by atoms with van der Waals surface area (Å²) < 4.78 is 24.1. The number of rotatable bonds is 7. The molecule has 168 valence electrons. The fourth-order valence-electron chi connectivity index (χ4n) is 4.76. The molecule has 0 bridgehead atoms. The topological polar surface area (TPSA) is 83.1 Å². The van der Waals surface area contributed by atoms with Gasteiger partial charge < -0.3 is 9.88 Å². The van der Waals surface area contributed by atoms with Crippen LogP contribution in [0.4, 0.5) is 0 Å². The van der Waals surface area contributed by atoms with E-state index in [1.165, 1.54) is 23.7 Å². The van der Waals surface area contributed by atoms with Crippen LogP contribution in [0.1, 0.15) is 55.5 Å². The second-order valence-electron chi connectivity index (χ2n) is 8.71. The Bertz CT molecular complexity index is 998. The number of hydrogen-bond acceptors (Lipinski definition) is 5. The molecule has 1 saturated heterocycles. The molecule has 8 heteroatoms. The van der Waals surface area contributed by atoms with E-state index < -0.39 is 9.84 Å². The van der Waals surface area contributed by atoms with Crippen LogP contribution in [0.25, 0.3) is 0 Å². The minimum absolute atomic E-state index is 0.0395. The maximum atomic E-state index is 13.3. The summed E-state index contributed by atoms with van der Waals surface area (Å²) in [4.78, 5) is 23.2. The van der Waals surface area contributed by atoms with Gasteiger partial charge in [0.2, 0.25) is 5.91 Å². The molecule has 1 atom stereocenters. The van der Waals surface area contributed by atoms with Gasteiger partial charge >= 0.3 is 0 Å². The minimum Gasteiger partial charge on any atom is -0.337 e. The number of carbonyl (C=O) groups excluding carboxylic acids is 1. The van der Waals surface area contributed by atoms with Crippen molar-refractivity contribution in [3.05, 3.63) is 47.3 Å². The molecule has 1 aliphatic carbocycles. The number of amides is 1. The number of nitrogens with zero attached hydrogens (tertiary/aromatic N) is 2. The Morgan fingerprint density at radius 3 is 2.55 bits per heavy atom. The van der Waals surface area contributed by atoms with Crippen molar-refractivity contribution in [2.75, 3.05) is 17.3 Å². The molecule has 1 N–H and O–H groups in total. The lowest BCUT2D eigenvalue weighted by molar-refractivity contribution is -0.133. The second-order valence-corrected chi connectivity index (χ2v) is 11.9. The van der Waals surface area contributed by atoms with Crippen molar-refractivity contribution >= 4 is 27.5 Å². The summed E-state index contributed by atoms with van der Waals surface area (Å²) in [5.74, 6) is 0.630. The number of aromatic amines is 1. The average Bonchev–Trinajstić information content (AvgIpc) is 3.29. The summed E-state index contributed by atoms with van der Waals surface area (Å²) in [5.41, 5.74) is 3.22. The highest BCUT2D eigenvalue weighted by Crippen LogP contribution is 2.29. The molecule has 4 rings (SSSR count). The zero-order valence-corrected chi connectivity index (χ0v) is 19.7. The van der Waals surface area contributed by atoms with Gasteiger partial charge in [-0.2, -0.15) is 0 Å². The Morgan fingerprint density at radius 1 is 1.13 bits per heavy atom. The van der Waals surface area contributed by atoms with Crippen LogP contribution in [0.3, 0.4) is 0 Å². The molecule has 2 heterocycles. The number of nitrogens with one attached hydrogen (secondary N) is 1. The van der Waals surface area contributed by atoms with Gasteiger partial charge in [0.05, 0.1) is 23.0 Å². The Balaban J connectivity index is 1.42. The maximum absolute atomic E-state index is 13.3. The van der Waals surface area contributed by atoms with E-state index in [2.05, 4.69) is 17.1 Å². The molecular weight excluding hydrogens is 430 g/mol. The lowest BCUT2D eigenvalue weighted by Crippen LogP contribution is -2.49. The highest BCUT2D eigenvalue weighted by atomic mass is 32.2. The van der Waals surface area contributed by atoms with E-state index in [9.17, 15) is 13.2 Å². The van der Waals surface area contributed by atoms with Gasteiger partial charge in [-0.1, -0.05) is 61.4 Å². The third kappa shape index (κ3) is 5.71. The third-order valence-corrected chi connectivity index (χ3v) is 8.98. The van der Waals surface area contributed by atoms with Crippen LogP contribution in [0.15, 0.2) is 35.5 Å². The first kappa shape index (κ1) is 22.4. The highest BCUT2D eigenvalue weighted by Gasteiger charge is 2.38. The first-order valence-corrected chi connectivity index (χ1v) is 14.0. The monoisotopic (exact) mass is 461 g/mol. The van der Waals surface area contributed by atoms with Gasteiger partial charge in [0.15, 0.2) is 15.0 Å². The maximum Gasteiger partial charge on any atom is 0.233 e. The van der Waals surface area contributed by atoms with E-state index in [1.807, 2.05) is 30.0 Å². The largest absolute Gasteiger partial charge is 0.337 e. The van der Waals surface area contributed by atoms with E-state index in [4.69, 9.17) is 4.98 Å². The fraction of sp³-hybridized carbons (Fsp3) is 0.565. The molecule has 2 aromatic rings. The van der Waals surface area contributed by atoms with Crippen LogP contribution in [-0.4, -0.2) is 58.5 Å². The Hall–Kier alpha value is -1.80. The first-order chi connectivity index (χ1) is 14.9. The second kappa shape index (κ2) is 9.77. The Kier molecular flexibility index (Phi) is 7.06. The summed E-state index contributed by atoms with van der Waals surface area (Å²) in [5, 5.41) is 0.749. The summed E-state index contributed by atoms with van der Waals surface area (Å²) >= 11 is 1.42. The van der Waals surface area contributed by atoms with Gasteiger partial charge in [0.1, 0.15) is 0 Å². The molecule has 1 saturated carbocycles. The number of aromatic nitrogens is 2. The van der Waals surface area contributed by atoms with Crippen molar-refractivity contribution in [1.29, 1.82) is 0 Å². The molecule has 1 aliphatic heterocycles. The predicted molar refractivity (Wildman–Crippen MR) is 124 cm³/mol. The van der Waals surface area contributed by atoms with Gasteiger partial charge in [0.25, 0.3) is 0 Å². The van der Waals surface area contributed by atoms with Crippen LogP contribution in [0.2, 0.25) is 0 Å². The lowest BCUT2D eigenvalue weighted by atomic mass is 9.93. The van der Waals surface area contributed by atoms with Gasteiger partial charge in [-0.05, 0) is 31.7 Å². The summed E-state index contributed by atoms with van der Waals surface area (Å²) in [6.07, 6.45) is 6.71. The quantitative estimate of drug-likeness (QED) is 0.635. The molecular formula is C23H31N3O3S2. The first-order valence-electron chi connectivity index (χ1n) is 11.1. The standard InChI is InChI=1S/C23H31N3O3S2/c1-17-21(14-18-8-4-2-5-9-18)25-23(24-17)30-15-22(27)26(19-10-6-3-7-11-19)20-12-13-31(28,29)16-20/h2,4-5,8-9,19-20H,3,6-7,10-16H2,1H3,(H,24,25)/t20-/m1/s1. The van der Waals surface area contributed by atoms with Gasteiger partial charge in [-0.15, -0.1) is 0 Å². The van der Waals surface area contributed by atoms with E-state index in [-0.39, 0.29) is 35.2 Å². The van der Waals surface area contributed by atoms with E-state index in [1.54, 1.807) is 0 Å². The van der Waals surface area contributed by atoms with Crippen molar-refractivity contribution in [2.24, 2.45) is 0 Å². The van der Waals surface area contributed by atoms with Crippen molar-refractivity contribution in [3.8, 4) is 0 Å². The number of imidazole rings is 1. The summed E-state index contributed by atoms with van der Waals surface area (Å²) in [7, 11) is -3.03. The lowest BCUT2D eigenvalue weighted by Gasteiger charge is -2.38. The van der Waals surface area contributed by atoms with Crippen LogP contribution < -0.4 is 0 Å². The van der Waals surface area contributed by atoms with Crippen LogP contribution in [0.5, 0.6) is 0 Å². The SMILES string of the molecule is Cc1[nH]c(SCC(=O)N(C2CCCCC2)[C@@H]2CCS(=O)(=O)C2)nc1Cc1ccccc1. The Labute approximate surface area is 189 Å². The summed E-state index contributed by atoms with van der Waals surface area (Å²) in [6, 6.07) is 10.2. The average molecular weight is 462 g/mol. The van der Waals surface area contributed by atoms with Crippen molar-refractivity contribution in [2.45, 2.75) is 69.1 Å². The summed E-state index contributed by atoms with van der Waals surface area (Å²) in [6.45, 7) is 2.01. The number of H-pyrrole nitrogens is 1. The van der Waals surface area contributed by atoms with Crippen LogP contribution >= 0.6 is 11.8 Å². The van der Waals surface area contributed by atoms with Gasteiger partial charge in [-0.25, -0.2) is 13.4 Å². The fourth-order valence-corrected chi connectivity index (χ4v) is 7.28. The zero-order chi connectivity index (χ0) is 21.8. The number of hydrogen-bond donors (Lipinski definition) is 1. The molecule has 1 amide bonds. The highest BCUT2D eigenvalue weighted by molar-refractivity contribution is 7.99. The smallest absolute Gasteiger partial charge is 0.233 e. The number of benzene rings is 1. The molecule has 31 heavy (non-hydrogen) atoms. The van der Waals surface area contributed by atoms with Crippen molar-refractivity contribution in [3.63, 3.8) is 0 Å². The number of carbonyl (C=O) groups is 1. The minimum atomic E-state index is -3.03. The zero-order valence-electron chi connectivity index (χ0n) is 18.0. The molecule has 2 fully saturated rings. The molecule has 1 aromatic heterocycles. The molecule has 6 nitrogen and oxygen atoms in total. The molecule has 0 radical (unpaired) electrons. The van der Waals surface area contributed by atoms with Gasteiger partial charge in [-0.3, -0.25) is 4.79 Å².